The summed E-state index contributed by atoms with van der Waals surface area (Å²) in [7, 11) is 0. The van der Waals surface area contributed by atoms with Gasteiger partial charge in [0.15, 0.2) is 0 Å². The molecule has 3 nitrogen and oxygen atoms in total. The Balaban J connectivity index is 1.54. The van der Waals surface area contributed by atoms with Gasteiger partial charge in [-0.05, 0) is 86.9 Å². The first-order valence-corrected chi connectivity index (χ1v) is 10.6. The summed E-state index contributed by atoms with van der Waals surface area (Å²) in [5.74, 6) is 5.53. The highest BCUT2D eigenvalue weighted by Gasteiger charge is 2.64. The normalized spacial score (nSPS) is 53.1. The van der Waals surface area contributed by atoms with Crippen LogP contribution in [0.5, 0.6) is 0 Å². The molecule has 0 aromatic carbocycles. The molecule has 0 saturated heterocycles. The van der Waals surface area contributed by atoms with Crippen LogP contribution in [0.2, 0.25) is 0 Å². The number of aliphatic hydroxyl groups is 1. The number of carbonyl (C=O) groups excluding carboxylic acids is 1. The fourth-order valence-corrected chi connectivity index (χ4v) is 7.80. The zero-order valence-electron chi connectivity index (χ0n) is 16.4. The Morgan fingerprint density at radius 1 is 1.12 bits per heavy atom. The molecule has 26 heavy (non-hydrogen) atoms. The van der Waals surface area contributed by atoms with Gasteiger partial charge in [0.05, 0.1) is 6.10 Å². The molecule has 4 saturated carbocycles. The molecule has 3 unspecified atom stereocenters. The minimum absolute atomic E-state index is 0.101. The Hall–Kier alpha value is -0.850. The number of terminal acetylenes is 1. The highest BCUT2D eigenvalue weighted by Crippen LogP contribution is 2.68. The summed E-state index contributed by atoms with van der Waals surface area (Å²) in [5, 5.41) is 11.1. The lowest BCUT2D eigenvalue weighted by Crippen LogP contribution is -2.56. The molecule has 3 heteroatoms. The van der Waals surface area contributed by atoms with E-state index in [1.807, 2.05) is 0 Å². The SMILES string of the molecule is C#C[C@]1(O)CCC2C3CC[C@H]4C[C@H](OCC=O)CC[C@]4(C)C3CC[C@@]21C. The smallest absolute Gasteiger partial charge is 0.145 e. The molecule has 8 atom stereocenters. The van der Waals surface area contributed by atoms with Gasteiger partial charge in [0.1, 0.15) is 18.5 Å². The van der Waals surface area contributed by atoms with Gasteiger partial charge >= 0.3 is 0 Å². The van der Waals surface area contributed by atoms with Gasteiger partial charge < -0.3 is 14.6 Å². The fraction of sp³-hybridized carbons (Fsp3) is 0.870. The topological polar surface area (TPSA) is 46.5 Å². The van der Waals surface area contributed by atoms with Crippen molar-refractivity contribution in [3.8, 4) is 12.3 Å². The average Bonchev–Trinajstić information content (AvgIpc) is 2.91. The van der Waals surface area contributed by atoms with Crippen LogP contribution in [0.4, 0.5) is 0 Å². The second-order valence-electron chi connectivity index (χ2n) is 10.1. The van der Waals surface area contributed by atoms with E-state index in [2.05, 4.69) is 19.8 Å². The van der Waals surface area contributed by atoms with Crippen LogP contribution in [0, 0.1) is 46.8 Å². The van der Waals surface area contributed by atoms with E-state index in [0.717, 1.165) is 44.3 Å². The maximum absolute atomic E-state index is 11.1. The quantitative estimate of drug-likeness (QED) is 0.613. The van der Waals surface area contributed by atoms with E-state index >= 15 is 0 Å². The third-order valence-electron chi connectivity index (χ3n) is 9.41. The summed E-state index contributed by atoms with van der Waals surface area (Å²) in [6.07, 6.45) is 17.0. The summed E-state index contributed by atoms with van der Waals surface area (Å²) in [6, 6.07) is 0. The molecule has 0 aromatic rings. The second kappa shape index (κ2) is 6.35. The Kier molecular flexibility index (Phi) is 4.52. The van der Waals surface area contributed by atoms with Gasteiger partial charge in [-0.1, -0.05) is 19.8 Å². The summed E-state index contributed by atoms with van der Waals surface area (Å²) in [5.41, 5.74) is -0.612. The van der Waals surface area contributed by atoms with Gasteiger partial charge in [0.25, 0.3) is 0 Å². The third-order valence-corrected chi connectivity index (χ3v) is 9.41. The van der Waals surface area contributed by atoms with Crippen molar-refractivity contribution in [2.45, 2.75) is 83.3 Å². The van der Waals surface area contributed by atoms with Crippen molar-refractivity contribution in [3.05, 3.63) is 0 Å². The summed E-state index contributed by atoms with van der Waals surface area (Å²) in [4.78, 5) is 10.6. The van der Waals surface area contributed by atoms with Gasteiger partial charge in [0, 0.05) is 5.41 Å². The summed E-state index contributed by atoms with van der Waals surface area (Å²) >= 11 is 0. The van der Waals surface area contributed by atoms with Gasteiger partial charge in [0.2, 0.25) is 0 Å². The van der Waals surface area contributed by atoms with Crippen LogP contribution < -0.4 is 0 Å². The zero-order valence-corrected chi connectivity index (χ0v) is 16.4. The molecule has 4 aliphatic rings. The molecule has 0 aromatic heterocycles. The van der Waals surface area contributed by atoms with Crippen LogP contribution in [-0.4, -0.2) is 29.7 Å². The van der Waals surface area contributed by atoms with Crippen LogP contribution >= 0.6 is 0 Å². The first-order chi connectivity index (χ1) is 12.4. The predicted molar refractivity (Wildman–Crippen MR) is 101 cm³/mol. The van der Waals surface area contributed by atoms with E-state index in [-0.39, 0.29) is 18.1 Å². The third kappa shape index (κ3) is 2.45. The molecule has 4 fully saturated rings. The molecule has 0 heterocycles. The largest absolute Gasteiger partial charge is 0.377 e. The minimum atomic E-state index is -0.902. The standard InChI is InChI=1S/C23H34O3/c1-4-23(25)12-9-20-18-6-5-16-15-17(26-14-13-24)7-10-21(16,2)19(18)8-11-22(20,23)3/h1,13,16-20,25H,5-12,14-15H2,2-3H3/t16-,17+,18?,19?,20?,21-,22-,23-/m0/s1. The molecule has 1 N–H and O–H groups in total. The van der Waals surface area contributed by atoms with Crippen molar-refractivity contribution in [2.24, 2.45) is 34.5 Å². The zero-order chi connectivity index (χ0) is 18.6. The second-order valence-corrected chi connectivity index (χ2v) is 10.1. The number of ether oxygens (including phenoxy) is 1. The van der Waals surface area contributed by atoms with Crippen LogP contribution in [0.15, 0.2) is 0 Å². The van der Waals surface area contributed by atoms with Gasteiger partial charge in [-0.2, -0.15) is 0 Å². The van der Waals surface area contributed by atoms with Crippen LogP contribution in [0.1, 0.15) is 71.6 Å². The van der Waals surface area contributed by atoms with E-state index in [1.54, 1.807) is 0 Å². The van der Waals surface area contributed by atoms with Gasteiger partial charge in [-0.3, -0.25) is 0 Å². The average molecular weight is 359 g/mol. The van der Waals surface area contributed by atoms with Crippen LogP contribution in [-0.2, 0) is 9.53 Å². The van der Waals surface area contributed by atoms with Crippen molar-refractivity contribution < 1.29 is 14.6 Å². The van der Waals surface area contributed by atoms with Crippen molar-refractivity contribution in [1.82, 2.24) is 0 Å². The minimum Gasteiger partial charge on any atom is -0.377 e. The van der Waals surface area contributed by atoms with Crippen molar-refractivity contribution >= 4 is 6.29 Å². The van der Waals surface area contributed by atoms with Crippen molar-refractivity contribution in [1.29, 1.82) is 0 Å². The number of hydrogen-bond donors (Lipinski definition) is 1. The lowest BCUT2D eigenvalue weighted by atomic mass is 9.44. The number of hydrogen-bond acceptors (Lipinski definition) is 3. The van der Waals surface area contributed by atoms with E-state index in [0.29, 0.717) is 23.2 Å². The Morgan fingerprint density at radius 3 is 2.62 bits per heavy atom. The van der Waals surface area contributed by atoms with Gasteiger partial charge in [-0.25, -0.2) is 0 Å². The molecule has 0 aliphatic heterocycles. The van der Waals surface area contributed by atoms with Crippen molar-refractivity contribution in [2.75, 3.05) is 6.61 Å². The molecule has 144 valence electrons. The molecule has 0 spiro atoms. The highest BCUT2D eigenvalue weighted by atomic mass is 16.5. The molecule has 4 rings (SSSR count). The molecular weight excluding hydrogens is 324 g/mol. The molecule has 0 amide bonds. The fourth-order valence-electron chi connectivity index (χ4n) is 7.80. The molecular formula is C23H34O3. The molecule has 4 aliphatic carbocycles. The summed E-state index contributed by atoms with van der Waals surface area (Å²) < 4.78 is 5.77. The lowest BCUT2D eigenvalue weighted by molar-refractivity contribution is -0.150. The highest BCUT2D eigenvalue weighted by molar-refractivity contribution is 5.50. The van der Waals surface area contributed by atoms with E-state index in [4.69, 9.17) is 11.2 Å². The Bertz CT molecular complexity index is 609. The van der Waals surface area contributed by atoms with Crippen LogP contribution in [0.25, 0.3) is 0 Å². The number of fused-ring (bicyclic) bond motifs is 5. The van der Waals surface area contributed by atoms with E-state index < -0.39 is 5.60 Å². The van der Waals surface area contributed by atoms with Gasteiger partial charge in [-0.15, -0.1) is 6.42 Å². The van der Waals surface area contributed by atoms with E-state index in [1.165, 1.54) is 25.7 Å². The molecule has 0 bridgehead atoms. The van der Waals surface area contributed by atoms with Crippen molar-refractivity contribution in [3.63, 3.8) is 0 Å². The predicted octanol–water partition coefficient (Wildman–Crippen LogP) is 3.98. The number of carbonyl (C=O) groups is 1. The maximum atomic E-state index is 11.1. The Labute approximate surface area is 158 Å². The first-order valence-electron chi connectivity index (χ1n) is 10.6. The first kappa shape index (κ1) is 18.5. The lowest BCUT2D eigenvalue weighted by Gasteiger charge is -2.61. The van der Waals surface area contributed by atoms with E-state index in [9.17, 15) is 9.90 Å². The number of rotatable bonds is 3. The Morgan fingerprint density at radius 2 is 1.88 bits per heavy atom. The number of aldehydes is 1. The maximum Gasteiger partial charge on any atom is 0.145 e. The monoisotopic (exact) mass is 358 g/mol. The molecule has 0 radical (unpaired) electrons. The van der Waals surface area contributed by atoms with Crippen LogP contribution in [0.3, 0.4) is 0 Å². The summed E-state index contributed by atoms with van der Waals surface area (Å²) in [6.45, 7) is 5.03.